The van der Waals surface area contributed by atoms with Crippen molar-refractivity contribution in [3.63, 3.8) is 0 Å². The van der Waals surface area contributed by atoms with Crippen LogP contribution in [-0.4, -0.2) is 13.2 Å². The number of rotatable bonds is 7. The van der Waals surface area contributed by atoms with Crippen molar-refractivity contribution in [1.82, 2.24) is 0 Å². The van der Waals surface area contributed by atoms with E-state index in [9.17, 15) is 0 Å². The molecule has 0 spiro atoms. The van der Waals surface area contributed by atoms with Crippen molar-refractivity contribution in [2.24, 2.45) is 0 Å². The van der Waals surface area contributed by atoms with Gasteiger partial charge in [-0.1, -0.05) is 52.3 Å². The zero-order valence-corrected chi connectivity index (χ0v) is 12.3. The van der Waals surface area contributed by atoms with Crippen LogP contribution in [0.15, 0.2) is 59.1 Å². The van der Waals surface area contributed by atoms with E-state index < -0.39 is 0 Å². The number of benzene rings is 2. The molecule has 0 N–H and O–H groups in total. The minimum absolute atomic E-state index is 0.664. The Balaban J connectivity index is 1.58. The first-order chi connectivity index (χ1) is 9.34. The van der Waals surface area contributed by atoms with Gasteiger partial charge in [-0.3, -0.25) is 0 Å². The van der Waals surface area contributed by atoms with Crippen LogP contribution in [-0.2, 0) is 11.3 Å². The van der Waals surface area contributed by atoms with Crippen LogP contribution in [0.4, 0.5) is 0 Å². The van der Waals surface area contributed by atoms with Gasteiger partial charge in [0.05, 0.1) is 19.8 Å². The number of halogens is 1. The van der Waals surface area contributed by atoms with Gasteiger partial charge in [-0.25, -0.2) is 0 Å². The lowest BCUT2D eigenvalue weighted by atomic mass is 10.2. The number of hydrogen-bond acceptors (Lipinski definition) is 2. The minimum Gasteiger partial charge on any atom is -0.493 e. The van der Waals surface area contributed by atoms with E-state index in [1.807, 2.05) is 42.5 Å². The van der Waals surface area contributed by atoms with Crippen LogP contribution in [0, 0.1) is 0 Å². The van der Waals surface area contributed by atoms with Gasteiger partial charge < -0.3 is 9.47 Å². The molecule has 0 bridgehead atoms. The maximum atomic E-state index is 5.63. The second-order valence-corrected chi connectivity index (χ2v) is 5.11. The average molecular weight is 321 g/mol. The van der Waals surface area contributed by atoms with Crippen LogP contribution in [0.3, 0.4) is 0 Å². The molecule has 0 aromatic heterocycles. The highest BCUT2D eigenvalue weighted by Gasteiger charge is 1.95. The van der Waals surface area contributed by atoms with E-state index in [1.54, 1.807) is 0 Å². The molecule has 0 saturated heterocycles. The van der Waals surface area contributed by atoms with Crippen LogP contribution in [0.25, 0.3) is 0 Å². The molecule has 0 saturated carbocycles. The smallest absolute Gasteiger partial charge is 0.120 e. The molecule has 2 rings (SSSR count). The molecule has 0 aliphatic heterocycles. The molecule has 3 heteroatoms. The molecule has 0 radical (unpaired) electrons. The Hall–Kier alpha value is -1.32. The van der Waals surface area contributed by atoms with E-state index in [-0.39, 0.29) is 0 Å². The fourth-order valence-electron chi connectivity index (χ4n) is 1.67. The van der Waals surface area contributed by atoms with E-state index >= 15 is 0 Å². The zero-order chi connectivity index (χ0) is 13.3. The minimum atomic E-state index is 0.664. The number of ether oxygens (including phenoxy) is 2. The van der Waals surface area contributed by atoms with Crippen molar-refractivity contribution in [3.05, 3.63) is 64.6 Å². The molecule has 2 aromatic carbocycles. The predicted octanol–water partition coefficient (Wildman–Crippen LogP) is 4.43. The van der Waals surface area contributed by atoms with Gasteiger partial charge in [0, 0.05) is 10.9 Å². The first-order valence-electron chi connectivity index (χ1n) is 6.34. The lowest BCUT2D eigenvalue weighted by molar-refractivity contribution is 0.107. The third-order valence-electron chi connectivity index (χ3n) is 2.61. The second kappa shape index (κ2) is 7.97. The van der Waals surface area contributed by atoms with Crippen molar-refractivity contribution >= 4 is 15.9 Å². The van der Waals surface area contributed by atoms with Crippen molar-refractivity contribution in [3.8, 4) is 5.75 Å². The maximum Gasteiger partial charge on any atom is 0.120 e. The SMILES string of the molecule is Brc1cccc(OCCCOCc2ccccc2)c1. The molecule has 2 nitrogen and oxygen atoms in total. The Morgan fingerprint density at radius 1 is 0.895 bits per heavy atom. The highest BCUT2D eigenvalue weighted by Crippen LogP contribution is 2.17. The maximum absolute atomic E-state index is 5.63. The zero-order valence-electron chi connectivity index (χ0n) is 10.7. The van der Waals surface area contributed by atoms with Crippen molar-refractivity contribution in [1.29, 1.82) is 0 Å². The van der Waals surface area contributed by atoms with Gasteiger partial charge in [-0.05, 0) is 23.8 Å². The molecule has 19 heavy (non-hydrogen) atoms. The van der Waals surface area contributed by atoms with E-state index in [1.165, 1.54) is 5.56 Å². The normalized spacial score (nSPS) is 10.4. The highest BCUT2D eigenvalue weighted by atomic mass is 79.9. The summed E-state index contributed by atoms with van der Waals surface area (Å²) in [6, 6.07) is 18.1. The van der Waals surface area contributed by atoms with Crippen molar-refractivity contribution in [2.75, 3.05) is 13.2 Å². The Bertz CT molecular complexity index is 485. The summed E-state index contributed by atoms with van der Waals surface area (Å²) < 4.78 is 12.3. The molecule has 0 unspecified atom stereocenters. The van der Waals surface area contributed by atoms with Gasteiger partial charge >= 0.3 is 0 Å². The molecule has 100 valence electrons. The van der Waals surface area contributed by atoms with Crippen LogP contribution >= 0.6 is 15.9 Å². The van der Waals surface area contributed by atoms with Crippen LogP contribution in [0.5, 0.6) is 5.75 Å². The van der Waals surface area contributed by atoms with Crippen molar-refractivity contribution < 1.29 is 9.47 Å². The van der Waals surface area contributed by atoms with Gasteiger partial charge in [0.15, 0.2) is 0 Å². The summed E-state index contributed by atoms with van der Waals surface area (Å²) in [5.41, 5.74) is 1.20. The van der Waals surface area contributed by atoms with E-state index in [0.29, 0.717) is 19.8 Å². The van der Waals surface area contributed by atoms with Crippen LogP contribution in [0.2, 0.25) is 0 Å². The Kier molecular flexibility index (Phi) is 5.92. The van der Waals surface area contributed by atoms with E-state index in [2.05, 4.69) is 28.1 Å². The number of hydrogen-bond donors (Lipinski definition) is 0. The topological polar surface area (TPSA) is 18.5 Å². The highest BCUT2D eigenvalue weighted by molar-refractivity contribution is 9.10. The van der Waals surface area contributed by atoms with Crippen molar-refractivity contribution in [2.45, 2.75) is 13.0 Å². The van der Waals surface area contributed by atoms with Gasteiger partial charge in [0.2, 0.25) is 0 Å². The quantitative estimate of drug-likeness (QED) is 0.702. The fraction of sp³-hybridized carbons (Fsp3) is 0.250. The van der Waals surface area contributed by atoms with Gasteiger partial charge in [0.1, 0.15) is 5.75 Å². The molecule has 0 heterocycles. The lowest BCUT2D eigenvalue weighted by Crippen LogP contribution is -2.03. The molecule has 0 aliphatic carbocycles. The van der Waals surface area contributed by atoms with E-state index in [0.717, 1.165) is 16.6 Å². The largest absolute Gasteiger partial charge is 0.493 e. The standard InChI is InChI=1S/C16H17BrO2/c17-15-8-4-9-16(12-15)19-11-5-10-18-13-14-6-2-1-3-7-14/h1-4,6-9,12H,5,10-11,13H2. The molecule has 0 atom stereocenters. The third-order valence-corrected chi connectivity index (χ3v) is 3.10. The first kappa shape index (κ1) is 14.1. The van der Waals surface area contributed by atoms with E-state index in [4.69, 9.17) is 9.47 Å². The summed E-state index contributed by atoms with van der Waals surface area (Å²) in [5.74, 6) is 0.887. The molecule has 0 amide bonds. The summed E-state index contributed by atoms with van der Waals surface area (Å²) in [6.45, 7) is 2.05. The van der Waals surface area contributed by atoms with Crippen LogP contribution < -0.4 is 4.74 Å². The first-order valence-corrected chi connectivity index (χ1v) is 7.14. The summed E-state index contributed by atoms with van der Waals surface area (Å²) in [6.07, 6.45) is 0.888. The third kappa shape index (κ3) is 5.45. The molecule has 2 aromatic rings. The average Bonchev–Trinajstić information content (AvgIpc) is 2.44. The molecule has 0 aliphatic rings. The lowest BCUT2D eigenvalue weighted by Gasteiger charge is -2.07. The molecule has 0 fully saturated rings. The molecular formula is C16H17BrO2. The summed E-state index contributed by atoms with van der Waals surface area (Å²) >= 11 is 3.42. The Morgan fingerprint density at radius 3 is 2.53 bits per heavy atom. The van der Waals surface area contributed by atoms with Gasteiger partial charge in [-0.15, -0.1) is 0 Å². The summed E-state index contributed by atoms with van der Waals surface area (Å²) in [4.78, 5) is 0. The fourth-order valence-corrected chi connectivity index (χ4v) is 2.05. The summed E-state index contributed by atoms with van der Waals surface area (Å²) in [7, 11) is 0. The van der Waals surface area contributed by atoms with Gasteiger partial charge in [-0.2, -0.15) is 0 Å². The Labute approximate surface area is 122 Å². The van der Waals surface area contributed by atoms with Gasteiger partial charge in [0.25, 0.3) is 0 Å². The summed E-state index contributed by atoms with van der Waals surface area (Å²) in [5, 5.41) is 0. The Morgan fingerprint density at radius 2 is 1.74 bits per heavy atom. The second-order valence-electron chi connectivity index (χ2n) is 4.20. The molecular weight excluding hydrogens is 304 g/mol. The van der Waals surface area contributed by atoms with Crippen LogP contribution in [0.1, 0.15) is 12.0 Å². The monoisotopic (exact) mass is 320 g/mol. The predicted molar refractivity (Wildman–Crippen MR) is 80.4 cm³/mol.